The zero-order chi connectivity index (χ0) is 23.6. The van der Waals surface area contributed by atoms with E-state index in [0.29, 0.717) is 5.75 Å². The Bertz CT molecular complexity index is 1030. The largest absolute Gasteiger partial charge is 0.507 e. The fourth-order valence-electron chi connectivity index (χ4n) is 3.64. The number of hydrogen-bond donors (Lipinski definition) is 2. The van der Waals surface area contributed by atoms with E-state index < -0.39 is 10.1 Å². The number of aromatic hydroxyl groups is 1. The molecule has 0 amide bonds. The summed E-state index contributed by atoms with van der Waals surface area (Å²) in [5.41, 5.74) is 5.05. The first kappa shape index (κ1) is 25.2. The summed E-state index contributed by atoms with van der Waals surface area (Å²) in [6.07, 6.45) is 3.02. The highest BCUT2D eigenvalue weighted by atomic mass is 32.2. The van der Waals surface area contributed by atoms with Crippen molar-refractivity contribution in [2.75, 3.05) is 20.6 Å². The van der Waals surface area contributed by atoms with Crippen LogP contribution in [0.2, 0.25) is 0 Å². The summed E-state index contributed by atoms with van der Waals surface area (Å²) >= 11 is 0. The van der Waals surface area contributed by atoms with E-state index in [0.717, 1.165) is 53.8 Å². The number of fused-ring (bicyclic) bond motifs is 1. The Morgan fingerprint density at radius 3 is 2.13 bits per heavy atom. The molecule has 0 fully saturated rings. The van der Waals surface area contributed by atoms with E-state index in [1.165, 1.54) is 17.7 Å². The quantitative estimate of drug-likeness (QED) is 0.664. The first-order chi connectivity index (χ1) is 14.2. The van der Waals surface area contributed by atoms with Crippen LogP contribution in [0.5, 0.6) is 11.5 Å². The molecule has 31 heavy (non-hydrogen) atoms. The number of nitrogens with zero attached hydrogens (tertiary/aromatic N) is 1. The molecule has 2 N–H and O–H groups in total. The molecule has 3 rings (SSSR count). The molecule has 172 valence electrons. The maximum atomic E-state index is 10.5. The molecule has 0 saturated heterocycles. The number of aryl methyl sites for hydroxylation is 1. The smallest absolute Gasteiger partial charge is 0.294 e. The summed E-state index contributed by atoms with van der Waals surface area (Å²) in [7, 11) is 0.170. The van der Waals surface area contributed by atoms with Crippen LogP contribution >= 0.6 is 0 Å². The summed E-state index contributed by atoms with van der Waals surface area (Å²) in [6, 6.07) is 5.99. The molecule has 1 aliphatic heterocycles. The van der Waals surface area contributed by atoms with Gasteiger partial charge in [-0.05, 0) is 96.8 Å². The van der Waals surface area contributed by atoms with Gasteiger partial charge in [0, 0.05) is 12.1 Å². The molecule has 2 aromatic carbocycles. The third kappa shape index (κ3) is 6.21. The highest BCUT2D eigenvalue weighted by Crippen LogP contribution is 2.43. The minimum absolute atomic E-state index is 0.0666. The molecule has 1 aliphatic rings. The standard InChI is InChI=1S/C17H27NO2.C7H8O3S/c1-11-12(2)16-14(13(3)15(11)19)7-8-17(4,20-16)9-10-18(5)6;1-6-2-4-7(5-3-6)11(8,9)10/h19H,7-10H2,1-6H3;2-5H,1H3,(H,8,9,10). The Hall–Kier alpha value is -2.09. The summed E-state index contributed by atoms with van der Waals surface area (Å²) in [4.78, 5) is 2.13. The lowest BCUT2D eigenvalue weighted by molar-refractivity contribution is 0.0480. The number of benzene rings is 2. The van der Waals surface area contributed by atoms with Crippen molar-refractivity contribution in [3.8, 4) is 11.5 Å². The van der Waals surface area contributed by atoms with Crippen molar-refractivity contribution >= 4 is 10.1 Å². The third-order valence-corrected chi connectivity index (χ3v) is 6.87. The number of phenols is 1. The van der Waals surface area contributed by atoms with E-state index in [9.17, 15) is 13.5 Å². The van der Waals surface area contributed by atoms with Crippen molar-refractivity contribution in [2.45, 2.75) is 64.4 Å². The summed E-state index contributed by atoms with van der Waals surface area (Å²) in [6.45, 7) is 11.1. The Morgan fingerprint density at radius 1 is 1.03 bits per heavy atom. The Morgan fingerprint density at radius 2 is 1.61 bits per heavy atom. The fourth-order valence-corrected chi connectivity index (χ4v) is 4.12. The van der Waals surface area contributed by atoms with Crippen LogP contribution in [-0.4, -0.2) is 49.2 Å². The predicted molar refractivity (Wildman–Crippen MR) is 124 cm³/mol. The average molecular weight is 450 g/mol. The van der Waals surface area contributed by atoms with Gasteiger partial charge < -0.3 is 14.7 Å². The van der Waals surface area contributed by atoms with Gasteiger partial charge in [-0.3, -0.25) is 4.55 Å². The highest BCUT2D eigenvalue weighted by molar-refractivity contribution is 7.85. The maximum Gasteiger partial charge on any atom is 0.294 e. The molecule has 0 saturated carbocycles. The molecule has 0 aliphatic carbocycles. The van der Waals surface area contributed by atoms with E-state index in [2.05, 4.69) is 25.9 Å². The lowest BCUT2D eigenvalue weighted by atomic mass is 9.85. The molecule has 0 spiro atoms. The van der Waals surface area contributed by atoms with Gasteiger partial charge in [0.05, 0.1) is 4.90 Å². The second kappa shape index (κ2) is 9.59. The van der Waals surface area contributed by atoms with Crippen LogP contribution in [0.25, 0.3) is 0 Å². The third-order valence-electron chi connectivity index (χ3n) is 6.00. The molecule has 6 nitrogen and oxygen atoms in total. The molecule has 0 aromatic heterocycles. The molecule has 0 radical (unpaired) electrons. The summed E-state index contributed by atoms with van der Waals surface area (Å²) in [5.74, 6) is 1.44. The van der Waals surface area contributed by atoms with Crippen molar-refractivity contribution in [2.24, 2.45) is 0 Å². The Kier molecular flexibility index (Phi) is 7.79. The highest BCUT2D eigenvalue weighted by Gasteiger charge is 2.34. The molecular formula is C24H35NO5S. The minimum atomic E-state index is -4.02. The first-order valence-electron chi connectivity index (χ1n) is 10.4. The first-order valence-corrected chi connectivity index (χ1v) is 11.9. The van der Waals surface area contributed by atoms with Crippen LogP contribution in [0, 0.1) is 27.7 Å². The van der Waals surface area contributed by atoms with E-state index in [4.69, 9.17) is 9.29 Å². The SMILES string of the molecule is Cc1c(C)c2c(c(C)c1O)CCC(C)(CCN(C)C)O2.Cc1ccc(S(=O)(=O)O)cc1. The minimum Gasteiger partial charge on any atom is -0.507 e. The van der Waals surface area contributed by atoms with Crippen molar-refractivity contribution < 1.29 is 22.8 Å². The van der Waals surface area contributed by atoms with Gasteiger partial charge in [-0.1, -0.05) is 17.7 Å². The van der Waals surface area contributed by atoms with Gasteiger partial charge in [0.2, 0.25) is 0 Å². The monoisotopic (exact) mass is 449 g/mol. The Balaban J connectivity index is 0.000000262. The predicted octanol–water partition coefficient (Wildman–Crippen LogP) is 4.59. The van der Waals surface area contributed by atoms with E-state index in [-0.39, 0.29) is 10.5 Å². The van der Waals surface area contributed by atoms with Crippen LogP contribution in [0.1, 0.15) is 47.6 Å². The topological polar surface area (TPSA) is 87.1 Å². The second-order valence-electron chi connectivity index (χ2n) is 8.92. The number of rotatable bonds is 4. The van der Waals surface area contributed by atoms with Crippen LogP contribution in [-0.2, 0) is 16.5 Å². The van der Waals surface area contributed by atoms with Crippen LogP contribution in [0.3, 0.4) is 0 Å². The molecule has 1 atom stereocenters. The van der Waals surface area contributed by atoms with Gasteiger partial charge in [0.1, 0.15) is 17.1 Å². The van der Waals surface area contributed by atoms with Crippen LogP contribution in [0.15, 0.2) is 29.2 Å². The lowest BCUT2D eigenvalue weighted by Gasteiger charge is -2.38. The van der Waals surface area contributed by atoms with Gasteiger partial charge in [-0.25, -0.2) is 0 Å². The normalized spacial score (nSPS) is 18.1. The van der Waals surface area contributed by atoms with E-state index >= 15 is 0 Å². The molecule has 1 unspecified atom stereocenters. The van der Waals surface area contributed by atoms with Crippen molar-refractivity contribution in [3.05, 3.63) is 52.1 Å². The summed E-state index contributed by atoms with van der Waals surface area (Å²) in [5, 5.41) is 10.2. The zero-order valence-electron chi connectivity index (χ0n) is 19.6. The van der Waals surface area contributed by atoms with Crippen molar-refractivity contribution in [1.29, 1.82) is 0 Å². The number of ether oxygens (including phenoxy) is 1. The van der Waals surface area contributed by atoms with E-state index in [1.54, 1.807) is 12.1 Å². The van der Waals surface area contributed by atoms with Gasteiger partial charge in [0.15, 0.2) is 0 Å². The number of phenolic OH excluding ortho intramolecular Hbond substituents is 1. The van der Waals surface area contributed by atoms with E-state index in [1.807, 2.05) is 27.7 Å². The molecule has 1 heterocycles. The van der Waals surface area contributed by atoms with Crippen LogP contribution < -0.4 is 4.74 Å². The summed E-state index contributed by atoms with van der Waals surface area (Å²) < 4.78 is 35.9. The zero-order valence-corrected chi connectivity index (χ0v) is 20.4. The molecule has 0 bridgehead atoms. The Labute approximate surface area is 186 Å². The molecule has 2 aromatic rings. The van der Waals surface area contributed by atoms with Gasteiger partial charge >= 0.3 is 0 Å². The molecular weight excluding hydrogens is 414 g/mol. The van der Waals surface area contributed by atoms with Gasteiger partial charge in [-0.2, -0.15) is 8.42 Å². The fraction of sp³-hybridized carbons (Fsp3) is 0.500. The number of hydrogen-bond acceptors (Lipinski definition) is 5. The molecule has 7 heteroatoms. The lowest BCUT2D eigenvalue weighted by Crippen LogP contribution is -2.39. The second-order valence-corrected chi connectivity index (χ2v) is 10.3. The van der Waals surface area contributed by atoms with Crippen molar-refractivity contribution in [3.63, 3.8) is 0 Å². The van der Waals surface area contributed by atoms with Gasteiger partial charge in [-0.15, -0.1) is 0 Å². The average Bonchev–Trinajstić information content (AvgIpc) is 2.69. The maximum absolute atomic E-state index is 10.5. The van der Waals surface area contributed by atoms with Crippen LogP contribution in [0.4, 0.5) is 0 Å². The van der Waals surface area contributed by atoms with Crippen molar-refractivity contribution in [1.82, 2.24) is 4.90 Å². The van der Waals surface area contributed by atoms with Gasteiger partial charge in [0.25, 0.3) is 10.1 Å².